The minimum atomic E-state index is -1.66. The highest BCUT2D eigenvalue weighted by Gasteiger charge is 2.33. The lowest BCUT2D eigenvalue weighted by Gasteiger charge is -2.11. The summed E-state index contributed by atoms with van der Waals surface area (Å²) in [5.74, 6) is -3.34. The Hall–Kier alpha value is -1.65. The third-order valence-corrected chi connectivity index (χ3v) is 1.14. The number of allylic oxidation sites excluding steroid dienone is 1. The minimum absolute atomic E-state index is 0.844. The molecule has 0 aromatic heterocycles. The number of carboxylic acids is 1. The molecular weight excluding hydrogens is 152 g/mol. The van der Waals surface area contributed by atoms with Gasteiger partial charge in [0.2, 0.25) is 5.78 Å². The molecule has 1 atom stereocenters. The Morgan fingerprint density at radius 2 is 2.18 bits per heavy atom. The Balaban J connectivity index is 2.87. The van der Waals surface area contributed by atoms with E-state index in [1.165, 1.54) is 0 Å². The summed E-state index contributed by atoms with van der Waals surface area (Å²) in [6, 6.07) is 0. The molecule has 0 fully saturated rings. The van der Waals surface area contributed by atoms with Gasteiger partial charge in [0.25, 0.3) is 11.9 Å². The van der Waals surface area contributed by atoms with E-state index in [4.69, 9.17) is 5.11 Å². The normalized spacial score (nSPS) is 23.1. The number of hydrogen-bond donors (Lipinski definition) is 1. The molecule has 5 heteroatoms. The van der Waals surface area contributed by atoms with Gasteiger partial charge in [-0.1, -0.05) is 0 Å². The summed E-state index contributed by atoms with van der Waals surface area (Å²) in [6.07, 6.45) is 0.136. The number of carbonyl (C=O) groups is 3. The van der Waals surface area contributed by atoms with E-state index in [-0.39, 0.29) is 0 Å². The van der Waals surface area contributed by atoms with Crippen molar-refractivity contribution < 1.29 is 24.2 Å². The molecule has 0 spiro atoms. The molecule has 0 aromatic carbocycles. The number of Topliss-reactive ketones (excluding diaryl/α,β-unsaturated/α-hetero) is 1. The highest BCUT2D eigenvalue weighted by molar-refractivity contribution is 6.46. The lowest BCUT2D eigenvalue weighted by Crippen LogP contribution is -2.38. The standard InChI is InChI=1S/C6H4O5/c7-3-1-2-11-5(4(3)8)6(9)10/h1-2,5H,(H,9,10). The molecule has 0 amide bonds. The molecule has 0 bridgehead atoms. The summed E-state index contributed by atoms with van der Waals surface area (Å²) in [6.45, 7) is 0. The van der Waals surface area contributed by atoms with Gasteiger partial charge in [-0.05, 0) is 0 Å². The van der Waals surface area contributed by atoms with E-state index in [9.17, 15) is 14.4 Å². The Kier molecular flexibility index (Phi) is 1.72. The van der Waals surface area contributed by atoms with Crippen LogP contribution >= 0.6 is 0 Å². The van der Waals surface area contributed by atoms with Crippen molar-refractivity contribution in [3.8, 4) is 0 Å². The van der Waals surface area contributed by atoms with Gasteiger partial charge in [-0.2, -0.15) is 0 Å². The topological polar surface area (TPSA) is 80.7 Å². The summed E-state index contributed by atoms with van der Waals surface area (Å²) < 4.78 is 4.37. The molecule has 0 radical (unpaired) electrons. The second kappa shape index (κ2) is 2.53. The minimum Gasteiger partial charge on any atom is -0.478 e. The van der Waals surface area contributed by atoms with Crippen LogP contribution in [-0.4, -0.2) is 28.7 Å². The van der Waals surface area contributed by atoms with Gasteiger partial charge in [-0.3, -0.25) is 9.59 Å². The molecule has 5 nitrogen and oxygen atoms in total. The van der Waals surface area contributed by atoms with E-state index in [0.29, 0.717) is 0 Å². The van der Waals surface area contributed by atoms with E-state index >= 15 is 0 Å². The van der Waals surface area contributed by atoms with Crippen LogP contribution in [0.5, 0.6) is 0 Å². The fraction of sp³-hybridized carbons (Fsp3) is 0.167. The first-order valence-electron chi connectivity index (χ1n) is 2.76. The summed E-state index contributed by atoms with van der Waals surface area (Å²) in [7, 11) is 0. The molecule has 1 aliphatic heterocycles. The van der Waals surface area contributed by atoms with Crippen LogP contribution < -0.4 is 0 Å². The van der Waals surface area contributed by atoms with E-state index in [2.05, 4.69) is 4.74 Å². The predicted molar refractivity (Wildman–Crippen MR) is 31.7 cm³/mol. The number of rotatable bonds is 1. The number of hydrogen-bond acceptors (Lipinski definition) is 4. The van der Waals surface area contributed by atoms with Crippen LogP contribution in [-0.2, 0) is 19.1 Å². The molecule has 1 heterocycles. The van der Waals surface area contributed by atoms with E-state index in [0.717, 1.165) is 12.3 Å². The quantitative estimate of drug-likeness (QED) is 0.394. The second-order valence-electron chi connectivity index (χ2n) is 1.89. The Bertz CT molecular complexity index is 252. The summed E-state index contributed by atoms with van der Waals surface area (Å²) in [4.78, 5) is 31.4. The maximum absolute atomic E-state index is 10.7. The number of carbonyl (C=O) groups excluding carboxylic acids is 2. The molecule has 1 unspecified atom stereocenters. The van der Waals surface area contributed by atoms with Crippen LogP contribution in [0.1, 0.15) is 0 Å². The van der Waals surface area contributed by atoms with Crippen molar-refractivity contribution >= 4 is 17.5 Å². The van der Waals surface area contributed by atoms with Crippen molar-refractivity contribution in [1.82, 2.24) is 0 Å². The number of ketones is 2. The molecule has 11 heavy (non-hydrogen) atoms. The largest absolute Gasteiger partial charge is 0.478 e. The summed E-state index contributed by atoms with van der Waals surface area (Å²) in [5.41, 5.74) is 0. The van der Waals surface area contributed by atoms with Crippen LogP contribution in [0.15, 0.2) is 12.3 Å². The Morgan fingerprint density at radius 3 is 2.64 bits per heavy atom. The third kappa shape index (κ3) is 1.26. The molecule has 0 aliphatic carbocycles. The molecule has 1 rings (SSSR count). The number of aliphatic carboxylic acids is 1. The van der Waals surface area contributed by atoms with Gasteiger partial charge in [0.1, 0.15) is 0 Å². The Labute approximate surface area is 61.3 Å². The highest BCUT2D eigenvalue weighted by Crippen LogP contribution is 2.03. The first kappa shape index (κ1) is 7.46. The van der Waals surface area contributed by atoms with E-state index in [1.807, 2.05) is 0 Å². The first-order chi connectivity index (χ1) is 5.13. The average molecular weight is 156 g/mol. The molecule has 58 valence electrons. The molecule has 0 aromatic rings. The lowest BCUT2D eigenvalue weighted by molar-refractivity contribution is -0.156. The fourth-order valence-corrected chi connectivity index (χ4v) is 0.623. The van der Waals surface area contributed by atoms with Crippen molar-refractivity contribution in [1.29, 1.82) is 0 Å². The van der Waals surface area contributed by atoms with Crippen LogP contribution in [0.25, 0.3) is 0 Å². The van der Waals surface area contributed by atoms with Gasteiger partial charge in [0.15, 0.2) is 0 Å². The average Bonchev–Trinajstić information content (AvgIpc) is 1.94. The van der Waals surface area contributed by atoms with Gasteiger partial charge in [0.05, 0.1) is 6.26 Å². The van der Waals surface area contributed by atoms with Gasteiger partial charge in [-0.15, -0.1) is 0 Å². The van der Waals surface area contributed by atoms with Gasteiger partial charge >= 0.3 is 5.97 Å². The summed E-state index contributed by atoms with van der Waals surface area (Å²) >= 11 is 0. The smallest absolute Gasteiger partial charge is 0.353 e. The zero-order valence-corrected chi connectivity index (χ0v) is 5.31. The van der Waals surface area contributed by atoms with Crippen molar-refractivity contribution in [3.05, 3.63) is 12.3 Å². The lowest BCUT2D eigenvalue weighted by atomic mass is 10.1. The maximum atomic E-state index is 10.7. The highest BCUT2D eigenvalue weighted by atomic mass is 16.5. The molecule has 1 N–H and O–H groups in total. The monoisotopic (exact) mass is 156 g/mol. The van der Waals surface area contributed by atoms with E-state index < -0.39 is 23.6 Å². The summed E-state index contributed by atoms with van der Waals surface area (Å²) in [5, 5.41) is 8.29. The SMILES string of the molecule is O=C1C=COC(C(=O)O)C1=O. The van der Waals surface area contributed by atoms with Crippen molar-refractivity contribution in [2.24, 2.45) is 0 Å². The molecular formula is C6H4O5. The zero-order chi connectivity index (χ0) is 8.43. The molecule has 0 saturated carbocycles. The van der Waals surface area contributed by atoms with Crippen LogP contribution in [0.2, 0.25) is 0 Å². The number of ether oxygens (including phenoxy) is 1. The van der Waals surface area contributed by atoms with Gasteiger partial charge in [-0.25, -0.2) is 4.79 Å². The van der Waals surface area contributed by atoms with Crippen molar-refractivity contribution in [2.45, 2.75) is 6.10 Å². The van der Waals surface area contributed by atoms with E-state index in [1.54, 1.807) is 0 Å². The van der Waals surface area contributed by atoms with Crippen LogP contribution in [0.3, 0.4) is 0 Å². The zero-order valence-electron chi connectivity index (χ0n) is 5.31. The van der Waals surface area contributed by atoms with Crippen molar-refractivity contribution in [3.63, 3.8) is 0 Å². The van der Waals surface area contributed by atoms with Crippen LogP contribution in [0.4, 0.5) is 0 Å². The maximum Gasteiger partial charge on any atom is 0.353 e. The first-order valence-corrected chi connectivity index (χ1v) is 2.76. The molecule has 0 saturated heterocycles. The van der Waals surface area contributed by atoms with Crippen molar-refractivity contribution in [2.75, 3.05) is 0 Å². The Morgan fingerprint density at radius 1 is 1.55 bits per heavy atom. The second-order valence-corrected chi connectivity index (χ2v) is 1.89. The van der Waals surface area contributed by atoms with Gasteiger partial charge < -0.3 is 9.84 Å². The van der Waals surface area contributed by atoms with Crippen LogP contribution in [0, 0.1) is 0 Å². The molecule has 1 aliphatic rings. The fourth-order valence-electron chi connectivity index (χ4n) is 0.623. The predicted octanol–water partition coefficient (Wildman–Crippen LogP) is -0.878. The number of carboxylic acid groups (broad SMARTS) is 1. The third-order valence-electron chi connectivity index (χ3n) is 1.14. The van der Waals surface area contributed by atoms with Gasteiger partial charge in [0, 0.05) is 6.08 Å².